The van der Waals surface area contributed by atoms with E-state index < -0.39 is 0 Å². The summed E-state index contributed by atoms with van der Waals surface area (Å²) >= 11 is 3.31. The Morgan fingerprint density at radius 3 is 2.64 bits per heavy atom. The molecule has 0 aliphatic rings. The minimum Gasteiger partial charge on any atom is -0.411 e. The number of thiazole rings is 1. The average molecular weight is 230 g/mol. The topological polar surface area (TPSA) is 45.5 Å². The molecule has 1 heterocycles. The molecule has 5 heteroatoms. The highest BCUT2D eigenvalue weighted by molar-refractivity contribution is 8.02. The summed E-state index contributed by atoms with van der Waals surface area (Å²) in [6.07, 6.45) is 0. The van der Waals surface area contributed by atoms with Crippen LogP contribution in [0.3, 0.4) is 0 Å². The Morgan fingerprint density at radius 1 is 1.57 bits per heavy atom. The number of oxime groups is 1. The summed E-state index contributed by atoms with van der Waals surface area (Å²) in [6, 6.07) is 0. The van der Waals surface area contributed by atoms with E-state index >= 15 is 0 Å². The number of hydrogen-bond donors (Lipinski definition) is 1. The van der Waals surface area contributed by atoms with Crippen molar-refractivity contribution in [2.45, 2.75) is 37.3 Å². The molecule has 1 rings (SSSR count). The molecule has 0 aliphatic heterocycles. The smallest absolute Gasteiger partial charge is 0.150 e. The number of aromatic nitrogens is 1. The molecule has 0 bridgehead atoms. The second kappa shape index (κ2) is 4.79. The molecule has 0 spiro atoms. The maximum atomic E-state index is 8.60. The van der Waals surface area contributed by atoms with Crippen LogP contribution in [0.15, 0.2) is 9.50 Å². The molecule has 0 aromatic carbocycles. The molecule has 1 atom stereocenters. The minimum atomic E-state index is 0.171. The van der Waals surface area contributed by atoms with Crippen molar-refractivity contribution in [3.8, 4) is 0 Å². The van der Waals surface area contributed by atoms with E-state index in [-0.39, 0.29) is 5.25 Å². The quantitative estimate of drug-likeness (QED) is 0.375. The van der Waals surface area contributed by atoms with Crippen LogP contribution < -0.4 is 0 Å². The van der Waals surface area contributed by atoms with Gasteiger partial charge in [0.1, 0.15) is 0 Å². The first kappa shape index (κ1) is 11.5. The van der Waals surface area contributed by atoms with E-state index in [1.165, 1.54) is 4.88 Å². The Labute approximate surface area is 92.2 Å². The Bertz CT molecular complexity index is 327. The predicted octanol–water partition coefficient (Wildman–Crippen LogP) is 3.09. The van der Waals surface area contributed by atoms with Crippen LogP contribution in [-0.2, 0) is 0 Å². The number of hydrogen-bond acceptors (Lipinski definition) is 5. The maximum absolute atomic E-state index is 8.60. The van der Waals surface area contributed by atoms with Gasteiger partial charge in [-0.1, -0.05) is 16.9 Å². The molecule has 3 nitrogen and oxygen atoms in total. The zero-order valence-electron chi connectivity index (χ0n) is 8.74. The lowest BCUT2D eigenvalue weighted by molar-refractivity contribution is 0.317. The normalized spacial score (nSPS) is 14.4. The first-order chi connectivity index (χ1) is 6.54. The fourth-order valence-electron chi connectivity index (χ4n) is 0.812. The maximum Gasteiger partial charge on any atom is 0.150 e. The lowest BCUT2D eigenvalue weighted by atomic mass is 10.3. The third kappa shape index (κ3) is 2.72. The van der Waals surface area contributed by atoms with Crippen LogP contribution in [0.25, 0.3) is 0 Å². The minimum absolute atomic E-state index is 0.171. The van der Waals surface area contributed by atoms with E-state index in [1.54, 1.807) is 23.1 Å². The summed E-state index contributed by atoms with van der Waals surface area (Å²) in [7, 11) is 0. The van der Waals surface area contributed by atoms with Crippen molar-refractivity contribution in [2.24, 2.45) is 5.16 Å². The number of rotatable bonds is 3. The molecule has 1 aromatic heterocycles. The highest BCUT2D eigenvalue weighted by Gasteiger charge is 2.12. The molecular weight excluding hydrogens is 216 g/mol. The van der Waals surface area contributed by atoms with Gasteiger partial charge < -0.3 is 5.21 Å². The first-order valence-electron chi connectivity index (χ1n) is 4.33. The summed E-state index contributed by atoms with van der Waals surface area (Å²) in [5.41, 5.74) is 1.81. The van der Waals surface area contributed by atoms with Crippen LogP contribution in [0.2, 0.25) is 0 Å². The summed E-state index contributed by atoms with van der Waals surface area (Å²) in [5, 5.41) is 12.0. The number of nitrogens with zero attached hydrogens (tertiary/aromatic N) is 2. The predicted molar refractivity (Wildman–Crippen MR) is 61.8 cm³/mol. The van der Waals surface area contributed by atoms with Gasteiger partial charge in [-0.3, -0.25) is 0 Å². The van der Waals surface area contributed by atoms with E-state index in [9.17, 15) is 0 Å². The highest BCUT2D eigenvalue weighted by Crippen LogP contribution is 2.29. The second-order valence-corrected chi connectivity index (χ2v) is 5.91. The van der Waals surface area contributed by atoms with Crippen molar-refractivity contribution < 1.29 is 5.21 Å². The Balaban J connectivity index is 2.69. The number of thioether (sulfide) groups is 1. The largest absolute Gasteiger partial charge is 0.411 e. The monoisotopic (exact) mass is 230 g/mol. The standard InChI is InChI=1S/C9H14N2OS2/c1-5-7(3)13-9(10-5)14-8(4)6(2)11-12/h8,12H,1-4H3/b11-6+. The van der Waals surface area contributed by atoms with Crippen molar-refractivity contribution in [1.82, 2.24) is 4.98 Å². The van der Waals surface area contributed by atoms with Crippen LogP contribution >= 0.6 is 23.1 Å². The van der Waals surface area contributed by atoms with E-state index in [0.717, 1.165) is 15.7 Å². The van der Waals surface area contributed by atoms with E-state index in [2.05, 4.69) is 17.1 Å². The van der Waals surface area contributed by atoms with Gasteiger partial charge in [0, 0.05) is 4.88 Å². The molecule has 78 valence electrons. The van der Waals surface area contributed by atoms with Gasteiger partial charge in [-0.2, -0.15) is 0 Å². The van der Waals surface area contributed by atoms with Gasteiger partial charge in [-0.25, -0.2) is 4.98 Å². The van der Waals surface area contributed by atoms with Crippen molar-refractivity contribution in [1.29, 1.82) is 0 Å². The third-order valence-electron chi connectivity index (χ3n) is 2.03. The molecule has 1 aromatic rings. The second-order valence-electron chi connectivity index (χ2n) is 3.12. The van der Waals surface area contributed by atoms with Gasteiger partial charge in [-0.15, -0.1) is 11.3 Å². The van der Waals surface area contributed by atoms with Crippen LogP contribution in [-0.4, -0.2) is 21.2 Å². The van der Waals surface area contributed by atoms with Crippen molar-refractivity contribution in [3.05, 3.63) is 10.6 Å². The lowest BCUT2D eigenvalue weighted by Gasteiger charge is -2.05. The fraction of sp³-hybridized carbons (Fsp3) is 0.556. The summed E-state index contributed by atoms with van der Waals surface area (Å²) in [6.45, 7) is 7.89. The van der Waals surface area contributed by atoms with Crippen LogP contribution in [0.1, 0.15) is 24.4 Å². The zero-order chi connectivity index (χ0) is 10.7. The Morgan fingerprint density at radius 2 is 2.21 bits per heavy atom. The summed E-state index contributed by atoms with van der Waals surface area (Å²) in [5.74, 6) is 0. The molecule has 0 saturated heterocycles. The molecular formula is C9H14N2OS2. The van der Waals surface area contributed by atoms with Crippen molar-refractivity contribution in [2.75, 3.05) is 0 Å². The van der Waals surface area contributed by atoms with Gasteiger partial charge in [-0.05, 0) is 27.7 Å². The van der Waals surface area contributed by atoms with Crippen LogP contribution in [0.4, 0.5) is 0 Å². The molecule has 0 aliphatic carbocycles. The molecule has 1 unspecified atom stereocenters. The summed E-state index contributed by atoms with van der Waals surface area (Å²) < 4.78 is 1.04. The lowest BCUT2D eigenvalue weighted by Crippen LogP contribution is -2.08. The molecule has 1 N–H and O–H groups in total. The van der Waals surface area contributed by atoms with Crippen molar-refractivity contribution >= 4 is 28.8 Å². The molecule has 0 radical (unpaired) electrons. The van der Waals surface area contributed by atoms with E-state index in [4.69, 9.17) is 5.21 Å². The third-order valence-corrected chi connectivity index (χ3v) is 4.43. The fourth-order valence-corrected chi connectivity index (χ4v) is 3.16. The molecule has 0 saturated carbocycles. The Hall–Kier alpha value is -0.550. The van der Waals surface area contributed by atoms with Gasteiger partial charge in [0.2, 0.25) is 0 Å². The van der Waals surface area contributed by atoms with Gasteiger partial charge in [0.25, 0.3) is 0 Å². The highest BCUT2D eigenvalue weighted by atomic mass is 32.2. The van der Waals surface area contributed by atoms with Crippen molar-refractivity contribution in [3.63, 3.8) is 0 Å². The van der Waals surface area contributed by atoms with Crippen LogP contribution in [0.5, 0.6) is 0 Å². The Kier molecular flexibility index (Phi) is 3.95. The summed E-state index contributed by atoms with van der Waals surface area (Å²) in [4.78, 5) is 5.66. The van der Waals surface area contributed by atoms with E-state index in [1.807, 2.05) is 20.8 Å². The SMILES string of the molecule is C/C(=N\O)C(C)Sc1nc(C)c(C)s1. The first-order valence-corrected chi connectivity index (χ1v) is 6.03. The van der Waals surface area contributed by atoms with Gasteiger partial charge in [0.15, 0.2) is 4.34 Å². The molecule has 0 fully saturated rings. The average Bonchev–Trinajstić information content (AvgIpc) is 2.44. The van der Waals surface area contributed by atoms with E-state index in [0.29, 0.717) is 0 Å². The molecule has 14 heavy (non-hydrogen) atoms. The van der Waals surface area contributed by atoms with Gasteiger partial charge in [0.05, 0.1) is 16.7 Å². The van der Waals surface area contributed by atoms with Gasteiger partial charge >= 0.3 is 0 Å². The number of aryl methyl sites for hydroxylation is 2. The molecule has 0 amide bonds. The zero-order valence-corrected chi connectivity index (χ0v) is 10.4. The van der Waals surface area contributed by atoms with Crippen LogP contribution in [0, 0.1) is 13.8 Å².